The van der Waals surface area contributed by atoms with Crippen molar-refractivity contribution in [3.05, 3.63) is 158 Å². The van der Waals surface area contributed by atoms with Crippen molar-refractivity contribution in [3.8, 4) is 39.9 Å². The Labute approximate surface area is 259 Å². The van der Waals surface area contributed by atoms with Gasteiger partial charge in [-0.15, -0.1) is 0 Å². The largest absolute Gasteiger partial charge is 0.278 e. The van der Waals surface area contributed by atoms with E-state index in [9.17, 15) is 0 Å². The van der Waals surface area contributed by atoms with Gasteiger partial charge in [0.05, 0.1) is 11.0 Å². The van der Waals surface area contributed by atoms with Crippen LogP contribution in [0, 0.1) is 0 Å². The zero-order valence-electron chi connectivity index (χ0n) is 24.3. The fraction of sp³-hybridized carbons (Fsp3) is 0. The van der Waals surface area contributed by atoms with Gasteiger partial charge in [-0.3, -0.25) is 4.57 Å². The van der Waals surface area contributed by atoms with Crippen LogP contribution in [0.15, 0.2) is 158 Å². The SMILES string of the molecule is c1ccc(-c2nc(-c3ccccc3)nc(-n3c4ccccc4c4c5cc(-c6cccc7ccccc67)ccc5ccc43)n2)cc1. The lowest BCUT2D eigenvalue weighted by molar-refractivity contribution is 0.953. The topological polar surface area (TPSA) is 43.6 Å². The summed E-state index contributed by atoms with van der Waals surface area (Å²) in [5.74, 6) is 1.88. The predicted octanol–water partition coefficient (Wildman–Crippen LogP) is 10.3. The Bertz CT molecular complexity index is 2470. The zero-order chi connectivity index (χ0) is 29.7. The molecule has 0 radical (unpaired) electrons. The third kappa shape index (κ3) is 4.19. The van der Waals surface area contributed by atoms with Crippen LogP contribution in [0.4, 0.5) is 0 Å². The Morgan fingerprint density at radius 3 is 1.73 bits per heavy atom. The number of para-hydroxylation sites is 1. The minimum Gasteiger partial charge on any atom is -0.278 e. The summed E-state index contributed by atoms with van der Waals surface area (Å²) in [6, 6.07) is 55.1. The monoisotopic (exact) mass is 574 g/mol. The molecular weight excluding hydrogens is 548 g/mol. The van der Waals surface area contributed by atoms with Gasteiger partial charge >= 0.3 is 0 Å². The molecular formula is C41H26N4. The van der Waals surface area contributed by atoms with E-state index in [1.807, 2.05) is 60.7 Å². The number of nitrogens with zero attached hydrogens (tertiary/aromatic N) is 4. The van der Waals surface area contributed by atoms with Crippen LogP contribution >= 0.6 is 0 Å². The number of hydrogen-bond donors (Lipinski definition) is 0. The van der Waals surface area contributed by atoms with Crippen molar-refractivity contribution >= 4 is 43.4 Å². The number of hydrogen-bond acceptors (Lipinski definition) is 3. The molecule has 45 heavy (non-hydrogen) atoms. The van der Waals surface area contributed by atoms with Crippen LogP contribution in [-0.4, -0.2) is 19.5 Å². The summed E-state index contributed by atoms with van der Waals surface area (Å²) in [5.41, 5.74) is 6.44. The first kappa shape index (κ1) is 25.4. The highest BCUT2D eigenvalue weighted by Crippen LogP contribution is 2.39. The highest BCUT2D eigenvalue weighted by molar-refractivity contribution is 6.22. The van der Waals surface area contributed by atoms with E-state index in [0.29, 0.717) is 17.6 Å². The summed E-state index contributed by atoms with van der Waals surface area (Å²) in [5, 5.41) is 7.24. The number of rotatable bonds is 4. The molecule has 0 atom stereocenters. The lowest BCUT2D eigenvalue weighted by Gasteiger charge is -2.11. The van der Waals surface area contributed by atoms with Crippen LogP contribution in [0.2, 0.25) is 0 Å². The molecule has 0 aliphatic heterocycles. The van der Waals surface area contributed by atoms with E-state index in [-0.39, 0.29) is 0 Å². The predicted molar refractivity (Wildman–Crippen MR) is 185 cm³/mol. The smallest absolute Gasteiger partial charge is 0.238 e. The van der Waals surface area contributed by atoms with Crippen LogP contribution in [0.1, 0.15) is 0 Å². The Balaban J connectivity index is 1.34. The van der Waals surface area contributed by atoms with Gasteiger partial charge in [0, 0.05) is 21.9 Å². The van der Waals surface area contributed by atoms with Crippen molar-refractivity contribution in [1.82, 2.24) is 19.5 Å². The molecule has 0 unspecified atom stereocenters. The molecule has 0 fully saturated rings. The summed E-state index contributed by atoms with van der Waals surface area (Å²) < 4.78 is 2.19. The second-order valence-electron chi connectivity index (χ2n) is 11.3. The van der Waals surface area contributed by atoms with Gasteiger partial charge in [0.15, 0.2) is 11.6 Å². The van der Waals surface area contributed by atoms with Gasteiger partial charge in [-0.05, 0) is 50.9 Å². The quantitative estimate of drug-likeness (QED) is 0.210. The average Bonchev–Trinajstić information content (AvgIpc) is 3.47. The van der Waals surface area contributed by atoms with E-state index in [1.165, 1.54) is 38.1 Å². The van der Waals surface area contributed by atoms with Crippen LogP contribution in [-0.2, 0) is 0 Å². The van der Waals surface area contributed by atoms with E-state index in [1.54, 1.807) is 0 Å². The summed E-state index contributed by atoms with van der Waals surface area (Å²) in [6.45, 7) is 0. The van der Waals surface area contributed by atoms with Crippen LogP contribution in [0.25, 0.3) is 83.2 Å². The Hall–Kier alpha value is -6.13. The molecule has 0 saturated carbocycles. The van der Waals surface area contributed by atoms with Gasteiger partial charge in [0.25, 0.3) is 0 Å². The molecule has 0 N–H and O–H groups in total. The van der Waals surface area contributed by atoms with Crippen LogP contribution in [0.3, 0.4) is 0 Å². The molecule has 2 aromatic heterocycles. The van der Waals surface area contributed by atoms with Crippen molar-refractivity contribution in [1.29, 1.82) is 0 Å². The van der Waals surface area contributed by atoms with E-state index >= 15 is 0 Å². The normalized spacial score (nSPS) is 11.6. The van der Waals surface area contributed by atoms with E-state index in [4.69, 9.17) is 15.0 Å². The number of fused-ring (bicyclic) bond motifs is 6. The van der Waals surface area contributed by atoms with Crippen molar-refractivity contribution in [2.45, 2.75) is 0 Å². The Kier molecular flexibility index (Phi) is 5.78. The molecule has 4 heteroatoms. The standard InChI is InChI=1S/C41H26N4/c1-3-13-29(14-4-1)39-42-40(30-15-5-2-6-16-30)44-41(43-39)45-36-21-10-9-19-34(36)38-35-26-31(23-22-28(35)24-25-37(38)45)33-20-11-17-27-12-7-8-18-32(27)33/h1-26H. The molecule has 0 saturated heterocycles. The van der Waals surface area contributed by atoms with Crippen LogP contribution in [0.5, 0.6) is 0 Å². The molecule has 210 valence electrons. The van der Waals surface area contributed by atoms with Gasteiger partial charge in [0.2, 0.25) is 5.95 Å². The first-order chi connectivity index (χ1) is 22.3. The van der Waals surface area contributed by atoms with E-state index in [0.717, 1.165) is 27.5 Å². The van der Waals surface area contributed by atoms with E-state index < -0.39 is 0 Å². The highest BCUT2D eigenvalue weighted by Gasteiger charge is 2.19. The second kappa shape index (κ2) is 10.2. The van der Waals surface area contributed by atoms with Gasteiger partial charge in [-0.2, -0.15) is 9.97 Å². The maximum absolute atomic E-state index is 5.09. The molecule has 0 aliphatic rings. The molecule has 2 heterocycles. The fourth-order valence-corrected chi connectivity index (χ4v) is 6.54. The van der Waals surface area contributed by atoms with Gasteiger partial charge < -0.3 is 0 Å². The Morgan fingerprint density at radius 2 is 0.978 bits per heavy atom. The molecule has 0 amide bonds. The van der Waals surface area contributed by atoms with Gasteiger partial charge in [-0.1, -0.05) is 140 Å². The third-order valence-electron chi connectivity index (χ3n) is 8.64. The molecule has 4 nitrogen and oxygen atoms in total. The Morgan fingerprint density at radius 1 is 0.378 bits per heavy atom. The zero-order valence-corrected chi connectivity index (χ0v) is 24.3. The first-order valence-electron chi connectivity index (χ1n) is 15.1. The second-order valence-corrected chi connectivity index (χ2v) is 11.3. The lowest BCUT2D eigenvalue weighted by atomic mass is 9.95. The molecule has 0 aliphatic carbocycles. The van der Waals surface area contributed by atoms with E-state index in [2.05, 4.69) is 102 Å². The van der Waals surface area contributed by atoms with Crippen molar-refractivity contribution in [2.24, 2.45) is 0 Å². The third-order valence-corrected chi connectivity index (χ3v) is 8.64. The summed E-state index contributed by atoms with van der Waals surface area (Å²) in [7, 11) is 0. The summed E-state index contributed by atoms with van der Waals surface area (Å²) in [6.07, 6.45) is 0. The maximum Gasteiger partial charge on any atom is 0.238 e. The van der Waals surface area contributed by atoms with Gasteiger partial charge in [0.1, 0.15) is 0 Å². The van der Waals surface area contributed by atoms with Crippen molar-refractivity contribution in [2.75, 3.05) is 0 Å². The van der Waals surface area contributed by atoms with Gasteiger partial charge in [-0.25, -0.2) is 4.98 Å². The van der Waals surface area contributed by atoms with Crippen molar-refractivity contribution < 1.29 is 0 Å². The molecule has 9 rings (SSSR count). The molecule has 9 aromatic rings. The minimum atomic E-state index is 0.596. The first-order valence-corrected chi connectivity index (χ1v) is 15.1. The number of benzene rings is 7. The maximum atomic E-state index is 5.09. The highest BCUT2D eigenvalue weighted by atomic mass is 15.2. The molecule has 0 spiro atoms. The molecule has 7 aromatic carbocycles. The summed E-state index contributed by atoms with van der Waals surface area (Å²) in [4.78, 5) is 15.1. The fourth-order valence-electron chi connectivity index (χ4n) is 6.54. The summed E-state index contributed by atoms with van der Waals surface area (Å²) >= 11 is 0. The van der Waals surface area contributed by atoms with Crippen molar-refractivity contribution in [3.63, 3.8) is 0 Å². The van der Waals surface area contributed by atoms with Crippen LogP contribution < -0.4 is 0 Å². The minimum absolute atomic E-state index is 0.596. The number of aromatic nitrogens is 4. The lowest BCUT2D eigenvalue weighted by Crippen LogP contribution is -2.06. The molecule has 0 bridgehead atoms. The average molecular weight is 575 g/mol.